The SMILES string of the molecule is CC(C)CCNC(=O)NCCc1cccc(Br)c1. The molecule has 0 saturated heterocycles. The van der Waals surface area contributed by atoms with Gasteiger partial charge in [0.05, 0.1) is 0 Å². The topological polar surface area (TPSA) is 41.1 Å². The summed E-state index contributed by atoms with van der Waals surface area (Å²) in [5.74, 6) is 0.618. The van der Waals surface area contributed by atoms with E-state index >= 15 is 0 Å². The van der Waals surface area contributed by atoms with Crippen molar-refractivity contribution in [3.05, 3.63) is 34.3 Å². The van der Waals surface area contributed by atoms with Gasteiger partial charge in [-0.05, 0) is 36.5 Å². The molecular formula is C14H21BrN2O. The van der Waals surface area contributed by atoms with Crippen LogP contribution in [0, 0.1) is 5.92 Å². The largest absolute Gasteiger partial charge is 0.338 e. The number of amides is 2. The first-order valence-electron chi connectivity index (χ1n) is 6.34. The van der Waals surface area contributed by atoms with Gasteiger partial charge in [0.25, 0.3) is 0 Å². The number of carbonyl (C=O) groups excluding carboxylic acids is 1. The summed E-state index contributed by atoms with van der Waals surface area (Å²) in [7, 11) is 0. The van der Waals surface area contributed by atoms with Crippen molar-refractivity contribution >= 4 is 22.0 Å². The van der Waals surface area contributed by atoms with Crippen molar-refractivity contribution in [1.82, 2.24) is 10.6 Å². The Morgan fingerprint density at radius 1 is 1.28 bits per heavy atom. The predicted octanol–water partition coefficient (Wildman–Crippen LogP) is 3.34. The van der Waals surface area contributed by atoms with Gasteiger partial charge in [-0.1, -0.05) is 41.9 Å². The van der Waals surface area contributed by atoms with Crippen molar-refractivity contribution in [3.63, 3.8) is 0 Å². The van der Waals surface area contributed by atoms with Gasteiger partial charge in [0.1, 0.15) is 0 Å². The predicted molar refractivity (Wildman–Crippen MR) is 78.7 cm³/mol. The highest BCUT2D eigenvalue weighted by Gasteiger charge is 2.00. The van der Waals surface area contributed by atoms with Crippen molar-refractivity contribution in [3.8, 4) is 0 Å². The first-order valence-corrected chi connectivity index (χ1v) is 7.13. The molecule has 4 heteroatoms. The Morgan fingerprint density at radius 3 is 2.67 bits per heavy atom. The molecule has 1 aromatic carbocycles. The molecule has 0 aromatic heterocycles. The van der Waals surface area contributed by atoms with E-state index in [9.17, 15) is 4.79 Å². The second-order valence-electron chi connectivity index (χ2n) is 4.75. The first kappa shape index (κ1) is 15.0. The van der Waals surface area contributed by atoms with Crippen LogP contribution >= 0.6 is 15.9 Å². The van der Waals surface area contributed by atoms with E-state index in [2.05, 4.69) is 52.5 Å². The van der Waals surface area contributed by atoms with Gasteiger partial charge < -0.3 is 10.6 Å². The van der Waals surface area contributed by atoms with Crippen molar-refractivity contribution in [2.75, 3.05) is 13.1 Å². The molecular weight excluding hydrogens is 292 g/mol. The number of halogens is 1. The van der Waals surface area contributed by atoms with Crippen molar-refractivity contribution in [2.24, 2.45) is 5.92 Å². The number of benzene rings is 1. The summed E-state index contributed by atoms with van der Waals surface area (Å²) in [6, 6.07) is 8.05. The third kappa shape index (κ3) is 6.64. The Hall–Kier alpha value is -1.03. The van der Waals surface area contributed by atoms with Crippen molar-refractivity contribution in [2.45, 2.75) is 26.7 Å². The second kappa shape index (κ2) is 8.14. The molecule has 0 atom stereocenters. The highest BCUT2D eigenvalue weighted by molar-refractivity contribution is 9.10. The van der Waals surface area contributed by atoms with Crippen LogP contribution in [0.5, 0.6) is 0 Å². The van der Waals surface area contributed by atoms with Gasteiger partial charge in [0.2, 0.25) is 0 Å². The van der Waals surface area contributed by atoms with E-state index < -0.39 is 0 Å². The number of rotatable bonds is 6. The Labute approximate surface area is 117 Å². The van der Waals surface area contributed by atoms with Crippen LogP contribution in [0.2, 0.25) is 0 Å². The Morgan fingerprint density at radius 2 is 2.00 bits per heavy atom. The van der Waals surface area contributed by atoms with Crippen LogP contribution < -0.4 is 10.6 Å². The summed E-state index contributed by atoms with van der Waals surface area (Å²) in [4.78, 5) is 11.5. The summed E-state index contributed by atoms with van der Waals surface area (Å²) >= 11 is 3.43. The molecule has 2 amide bonds. The van der Waals surface area contributed by atoms with Crippen LogP contribution in [0.4, 0.5) is 4.79 Å². The molecule has 2 N–H and O–H groups in total. The number of nitrogens with one attached hydrogen (secondary N) is 2. The molecule has 0 aliphatic carbocycles. The van der Waals surface area contributed by atoms with E-state index in [0.717, 1.165) is 23.9 Å². The van der Waals surface area contributed by atoms with E-state index in [-0.39, 0.29) is 6.03 Å². The van der Waals surface area contributed by atoms with E-state index in [4.69, 9.17) is 0 Å². The molecule has 3 nitrogen and oxygen atoms in total. The molecule has 18 heavy (non-hydrogen) atoms. The minimum Gasteiger partial charge on any atom is -0.338 e. The molecule has 0 bridgehead atoms. The fourth-order valence-corrected chi connectivity index (χ4v) is 2.00. The molecule has 0 aliphatic rings. The summed E-state index contributed by atoms with van der Waals surface area (Å²) in [5, 5.41) is 5.71. The van der Waals surface area contributed by atoms with Crippen LogP contribution in [0.25, 0.3) is 0 Å². The quantitative estimate of drug-likeness (QED) is 0.831. The standard InChI is InChI=1S/C14H21BrN2O/c1-11(2)6-8-16-14(18)17-9-7-12-4-3-5-13(15)10-12/h3-5,10-11H,6-9H2,1-2H3,(H2,16,17,18). The lowest BCUT2D eigenvalue weighted by molar-refractivity contribution is 0.240. The highest BCUT2D eigenvalue weighted by atomic mass is 79.9. The molecule has 0 saturated carbocycles. The van der Waals surface area contributed by atoms with E-state index in [0.29, 0.717) is 12.5 Å². The maximum atomic E-state index is 11.5. The zero-order valence-corrected chi connectivity index (χ0v) is 12.6. The van der Waals surface area contributed by atoms with Crippen LogP contribution in [-0.2, 0) is 6.42 Å². The fraction of sp³-hybridized carbons (Fsp3) is 0.500. The van der Waals surface area contributed by atoms with Gasteiger partial charge >= 0.3 is 6.03 Å². The summed E-state index contributed by atoms with van der Waals surface area (Å²) in [6.45, 7) is 5.68. The minimum atomic E-state index is -0.0781. The maximum Gasteiger partial charge on any atom is 0.314 e. The maximum absolute atomic E-state index is 11.5. The van der Waals surface area contributed by atoms with Gasteiger partial charge in [-0.15, -0.1) is 0 Å². The highest BCUT2D eigenvalue weighted by Crippen LogP contribution is 2.11. The number of carbonyl (C=O) groups is 1. The third-order valence-corrected chi connectivity index (χ3v) is 3.09. The average molecular weight is 313 g/mol. The normalized spacial score (nSPS) is 10.4. The molecule has 0 spiro atoms. The van der Waals surface area contributed by atoms with Gasteiger partial charge in [-0.3, -0.25) is 0 Å². The lowest BCUT2D eigenvalue weighted by Crippen LogP contribution is -2.37. The molecule has 0 unspecified atom stereocenters. The summed E-state index contributed by atoms with van der Waals surface area (Å²) in [6.07, 6.45) is 1.86. The first-order chi connectivity index (χ1) is 8.58. The van der Waals surface area contributed by atoms with Crippen LogP contribution in [0.3, 0.4) is 0 Å². The molecule has 0 radical (unpaired) electrons. The number of hydrogen-bond donors (Lipinski definition) is 2. The molecule has 0 aliphatic heterocycles. The lowest BCUT2D eigenvalue weighted by Gasteiger charge is -2.09. The van der Waals surface area contributed by atoms with Crippen LogP contribution in [0.1, 0.15) is 25.8 Å². The van der Waals surface area contributed by atoms with E-state index in [1.54, 1.807) is 0 Å². The zero-order chi connectivity index (χ0) is 13.4. The van der Waals surface area contributed by atoms with Crippen molar-refractivity contribution in [1.29, 1.82) is 0 Å². The van der Waals surface area contributed by atoms with Crippen LogP contribution in [-0.4, -0.2) is 19.1 Å². The third-order valence-electron chi connectivity index (χ3n) is 2.60. The zero-order valence-electron chi connectivity index (χ0n) is 11.0. The van der Waals surface area contributed by atoms with E-state index in [1.807, 2.05) is 12.1 Å². The summed E-state index contributed by atoms with van der Waals surface area (Å²) in [5.41, 5.74) is 1.21. The minimum absolute atomic E-state index is 0.0781. The smallest absolute Gasteiger partial charge is 0.314 e. The number of urea groups is 1. The molecule has 1 aromatic rings. The van der Waals surface area contributed by atoms with E-state index in [1.165, 1.54) is 5.56 Å². The lowest BCUT2D eigenvalue weighted by atomic mass is 10.1. The Bertz CT molecular complexity index is 380. The van der Waals surface area contributed by atoms with Gasteiger partial charge in [-0.25, -0.2) is 4.79 Å². The molecule has 0 heterocycles. The van der Waals surface area contributed by atoms with Gasteiger partial charge in [0, 0.05) is 17.6 Å². The molecule has 0 fully saturated rings. The Balaban J connectivity index is 2.15. The average Bonchev–Trinajstić information content (AvgIpc) is 2.28. The summed E-state index contributed by atoms with van der Waals surface area (Å²) < 4.78 is 1.07. The van der Waals surface area contributed by atoms with Crippen LogP contribution in [0.15, 0.2) is 28.7 Å². The number of hydrogen-bond acceptors (Lipinski definition) is 1. The second-order valence-corrected chi connectivity index (χ2v) is 5.66. The molecule has 100 valence electrons. The van der Waals surface area contributed by atoms with Gasteiger partial charge in [-0.2, -0.15) is 0 Å². The fourth-order valence-electron chi connectivity index (χ4n) is 1.55. The molecule has 1 rings (SSSR count). The van der Waals surface area contributed by atoms with Gasteiger partial charge in [0.15, 0.2) is 0 Å². The van der Waals surface area contributed by atoms with Crippen molar-refractivity contribution < 1.29 is 4.79 Å². The monoisotopic (exact) mass is 312 g/mol. The Kier molecular flexibility index (Phi) is 6.80.